The second kappa shape index (κ2) is 4.31. The van der Waals surface area contributed by atoms with Gasteiger partial charge in [0.2, 0.25) is 0 Å². The molecule has 1 heterocycles. The Kier molecular flexibility index (Phi) is 3.03. The topological polar surface area (TPSA) is 36.4 Å². The lowest BCUT2D eigenvalue weighted by atomic mass is 10.3. The van der Waals surface area contributed by atoms with Crippen LogP contribution in [0.4, 0.5) is 0 Å². The monoisotopic (exact) mass is 254 g/mol. The molecule has 0 saturated heterocycles. The second-order valence-corrected chi connectivity index (χ2v) is 5.08. The Morgan fingerprint density at radius 1 is 1.50 bits per heavy atom. The molecule has 84 valence electrons. The van der Waals surface area contributed by atoms with Crippen molar-refractivity contribution in [2.24, 2.45) is 0 Å². The molecule has 2 rings (SSSR count). The van der Waals surface area contributed by atoms with Gasteiger partial charge in [0.05, 0.1) is 10.2 Å². The summed E-state index contributed by atoms with van der Waals surface area (Å²) >= 11 is 7.31. The molecule has 0 bridgehead atoms. The number of rotatable bonds is 2. The summed E-state index contributed by atoms with van der Waals surface area (Å²) in [5, 5.41) is 11.1. The summed E-state index contributed by atoms with van der Waals surface area (Å²) in [5.74, 6) is 0.169. The molecule has 1 aromatic carbocycles. The zero-order chi connectivity index (χ0) is 11.7. The van der Waals surface area contributed by atoms with Gasteiger partial charge in [-0.05, 0) is 18.2 Å². The molecule has 0 aliphatic heterocycles. The first-order valence-corrected chi connectivity index (χ1v) is 5.89. The first-order valence-electron chi connectivity index (χ1n) is 4.70. The van der Waals surface area contributed by atoms with E-state index < -0.39 is 0 Å². The van der Waals surface area contributed by atoms with Crippen LogP contribution in [-0.2, 0) is 0 Å². The van der Waals surface area contributed by atoms with Crippen molar-refractivity contribution >= 4 is 38.9 Å². The third-order valence-electron chi connectivity index (χ3n) is 1.95. The van der Waals surface area contributed by atoms with Gasteiger partial charge in [-0.2, -0.15) is 0 Å². The minimum Gasteiger partial charge on any atom is -0.504 e. The lowest BCUT2D eigenvalue weighted by molar-refractivity contribution is 0.480. The highest BCUT2D eigenvalue weighted by Gasteiger charge is 2.08. The Bertz CT molecular complexity index is 548. The summed E-state index contributed by atoms with van der Waals surface area (Å²) in [5.41, 5.74) is 0.811. The lowest BCUT2D eigenvalue weighted by Crippen LogP contribution is -2.02. The van der Waals surface area contributed by atoms with Gasteiger partial charge in [0.1, 0.15) is 0 Å². The SMILES string of the molecule is CN(C)/C=C(/O)c1nc2cc(Cl)ccc2s1. The minimum atomic E-state index is 0.169. The van der Waals surface area contributed by atoms with Crippen molar-refractivity contribution in [3.05, 3.63) is 34.4 Å². The predicted molar refractivity (Wildman–Crippen MR) is 68.9 cm³/mol. The van der Waals surface area contributed by atoms with Gasteiger partial charge in [-0.3, -0.25) is 0 Å². The molecule has 1 aromatic heterocycles. The molecule has 1 N–H and O–H groups in total. The summed E-state index contributed by atoms with van der Waals surface area (Å²) in [6.07, 6.45) is 1.62. The van der Waals surface area contributed by atoms with E-state index in [-0.39, 0.29) is 5.76 Å². The van der Waals surface area contributed by atoms with Crippen LogP contribution in [-0.4, -0.2) is 29.1 Å². The Balaban J connectivity index is 2.47. The summed E-state index contributed by atoms with van der Waals surface area (Å²) in [6.45, 7) is 0. The number of fused-ring (bicyclic) bond motifs is 1. The average Bonchev–Trinajstić information content (AvgIpc) is 2.59. The molecule has 0 aliphatic rings. The number of aromatic nitrogens is 1. The van der Waals surface area contributed by atoms with Gasteiger partial charge >= 0.3 is 0 Å². The summed E-state index contributed by atoms with van der Waals surface area (Å²) < 4.78 is 1.01. The summed E-state index contributed by atoms with van der Waals surface area (Å²) in [6, 6.07) is 5.51. The van der Waals surface area contributed by atoms with Crippen molar-refractivity contribution < 1.29 is 5.11 Å². The fourth-order valence-corrected chi connectivity index (χ4v) is 2.33. The van der Waals surface area contributed by atoms with Gasteiger partial charge in [-0.15, -0.1) is 11.3 Å². The zero-order valence-corrected chi connectivity index (χ0v) is 10.5. The first-order chi connectivity index (χ1) is 7.56. The molecule has 0 radical (unpaired) electrons. The van der Waals surface area contributed by atoms with E-state index in [4.69, 9.17) is 11.6 Å². The van der Waals surface area contributed by atoms with Gasteiger partial charge in [-0.1, -0.05) is 11.6 Å². The van der Waals surface area contributed by atoms with E-state index in [1.54, 1.807) is 17.2 Å². The van der Waals surface area contributed by atoms with Crippen LogP contribution < -0.4 is 0 Å². The van der Waals surface area contributed by atoms with Crippen molar-refractivity contribution in [2.75, 3.05) is 14.1 Å². The van der Waals surface area contributed by atoms with E-state index in [9.17, 15) is 5.11 Å². The van der Waals surface area contributed by atoms with E-state index >= 15 is 0 Å². The molecule has 0 aliphatic carbocycles. The number of nitrogens with zero attached hydrogens (tertiary/aromatic N) is 2. The van der Waals surface area contributed by atoms with E-state index in [1.807, 2.05) is 26.2 Å². The van der Waals surface area contributed by atoms with E-state index in [2.05, 4.69) is 4.98 Å². The van der Waals surface area contributed by atoms with Crippen LogP contribution in [0.2, 0.25) is 5.02 Å². The quantitative estimate of drug-likeness (QED) is 0.835. The molecule has 2 aromatic rings. The maximum Gasteiger partial charge on any atom is 0.167 e. The van der Waals surface area contributed by atoms with Crippen molar-refractivity contribution in [1.82, 2.24) is 9.88 Å². The van der Waals surface area contributed by atoms with Crippen LogP contribution in [0.15, 0.2) is 24.4 Å². The fraction of sp³-hybridized carbons (Fsp3) is 0.182. The van der Waals surface area contributed by atoms with Crippen LogP contribution >= 0.6 is 22.9 Å². The first kappa shape index (κ1) is 11.2. The maximum absolute atomic E-state index is 9.80. The van der Waals surface area contributed by atoms with Crippen molar-refractivity contribution in [3.8, 4) is 0 Å². The molecule has 0 fully saturated rings. The molecule has 0 unspecified atom stereocenters. The van der Waals surface area contributed by atoms with Gasteiger partial charge < -0.3 is 10.0 Å². The van der Waals surface area contributed by atoms with Crippen molar-refractivity contribution in [3.63, 3.8) is 0 Å². The highest BCUT2D eigenvalue weighted by atomic mass is 35.5. The van der Waals surface area contributed by atoms with Gasteiger partial charge in [0.25, 0.3) is 0 Å². The largest absolute Gasteiger partial charge is 0.504 e. The van der Waals surface area contributed by atoms with Gasteiger partial charge in [-0.25, -0.2) is 4.98 Å². The van der Waals surface area contributed by atoms with Crippen LogP contribution in [0.25, 0.3) is 16.0 Å². The van der Waals surface area contributed by atoms with Gasteiger partial charge in [0, 0.05) is 25.3 Å². The Hall–Kier alpha value is -1.26. The molecular weight excluding hydrogens is 244 g/mol. The maximum atomic E-state index is 9.80. The molecule has 0 atom stereocenters. The number of thiazole rings is 1. The highest BCUT2D eigenvalue weighted by Crippen LogP contribution is 2.27. The fourth-order valence-electron chi connectivity index (χ4n) is 1.31. The van der Waals surface area contributed by atoms with Crippen LogP contribution in [0.1, 0.15) is 5.01 Å². The smallest absolute Gasteiger partial charge is 0.167 e. The van der Waals surface area contributed by atoms with Crippen molar-refractivity contribution in [1.29, 1.82) is 0 Å². The molecule has 0 spiro atoms. The van der Waals surface area contributed by atoms with Crippen molar-refractivity contribution in [2.45, 2.75) is 0 Å². The second-order valence-electron chi connectivity index (χ2n) is 3.61. The van der Waals surface area contributed by atoms with Gasteiger partial charge in [0.15, 0.2) is 10.8 Å². The summed E-state index contributed by atoms with van der Waals surface area (Å²) in [4.78, 5) is 6.09. The van der Waals surface area contributed by atoms with E-state index in [0.717, 1.165) is 10.2 Å². The number of aliphatic hydroxyl groups is 1. The number of aliphatic hydroxyl groups excluding tert-OH is 1. The van der Waals surface area contributed by atoms with Crippen LogP contribution in [0.5, 0.6) is 0 Å². The number of halogens is 1. The average molecular weight is 255 g/mol. The van der Waals surface area contributed by atoms with E-state index in [0.29, 0.717) is 10.0 Å². The number of hydrogen-bond acceptors (Lipinski definition) is 4. The number of benzene rings is 1. The highest BCUT2D eigenvalue weighted by molar-refractivity contribution is 7.19. The predicted octanol–water partition coefficient (Wildman–Crippen LogP) is 3.37. The molecule has 5 heteroatoms. The third-order valence-corrected chi connectivity index (χ3v) is 3.24. The standard InChI is InChI=1S/C11H11ClN2OS/c1-14(2)6-9(15)11-13-8-5-7(12)3-4-10(8)16-11/h3-6,15H,1-2H3/b9-6+. The Morgan fingerprint density at radius 2 is 2.25 bits per heavy atom. The lowest BCUT2D eigenvalue weighted by Gasteiger charge is -2.04. The molecule has 0 saturated carbocycles. The molecule has 16 heavy (non-hydrogen) atoms. The third kappa shape index (κ3) is 2.28. The minimum absolute atomic E-state index is 0.169. The normalized spacial score (nSPS) is 12.1. The number of hydrogen-bond donors (Lipinski definition) is 1. The molecular formula is C11H11ClN2OS. The van der Waals surface area contributed by atoms with E-state index in [1.165, 1.54) is 11.3 Å². The van der Waals surface area contributed by atoms with Crippen LogP contribution in [0, 0.1) is 0 Å². The molecule has 0 amide bonds. The molecule has 3 nitrogen and oxygen atoms in total. The zero-order valence-electron chi connectivity index (χ0n) is 8.94. The Morgan fingerprint density at radius 3 is 2.94 bits per heavy atom. The Labute approximate surface area is 103 Å². The van der Waals surface area contributed by atoms with Crippen LogP contribution in [0.3, 0.4) is 0 Å². The summed E-state index contributed by atoms with van der Waals surface area (Å²) in [7, 11) is 3.70.